The van der Waals surface area contributed by atoms with Crippen molar-refractivity contribution in [1.29, 1.82) is 0 Å². The second kappa shape index (κ2) is 37.7. The maximum Gasteiger partial charge on any atom is 0 e. The standard InChI is InChI=1S/2Cu.H2O2/c;;1-2/h;;1-2H. The summed E-state index contributed by atoms with van der Waals surface area (Å²) in [6.07, 6.45) is 0. The normalized spacial score (nSPS) is 1.50. The molecule has 0 aromatic heterocycles. The summed E-state index contributed by atoms with van der Waals surface area (Å²) in [6, 6.07) is 0. The van der Waals surface area contributed by atoms with Crippen molar-refractivity contribution in [3.8, 4) is 0 Å². The van der Waals surface area contributed by atoms with E-state index in [1.807, 2.05) is 0 Å². The minimum Gasteiger partial charge on any atom is -0.255 e. The van der Waals surface area contributed by atoms with Gasteiger partial charge in [-0.05, 0) is 0 Å². The first kappa shape index (κ1) is 20.3. The summed E-state index contributed by atoms with van der Waals surface area (Å²) >= 11 is 0. The second-order valence-electron chi connectivity index (χ2n) is 0. The van der Waals surface area contributed by atoms with Crippen molar-refractivity contribution in [2.45, 2.75) is 0 Å². The zero-order valence-electron chi connectivity index (χ0n) is 1.50. The van der Waals surface area contributed by atoms with Gasteiger partial charge in [0.25, 0.3) is 0 Å². The van der Waals surface area contributed by atoms with E-state index in [1.54, 1.807) is 0 Å². The molecule has 0 heterocycles. The summed E-state index contributed by atoms with van der Waals surface area (Å²) in [5, 5.41) is 12.0. The van der Waals surface area contributed by atoms with Crippen LogP contribution in [0.4, 0.5) is 0 Å². The van der Waals surface area contributed by atoms with Crippen molar-refractivity contribution in [2.75, 3.05) is 0 Å². The molecule has 0 saturated heterocycles. The Hall–Kier alpha value is 0.959. The third kappa shape index (κ3) is 12.3. The minimum absolute atomic E-state index is 0. The average Bonchev–Trinajstić information content (AvgIpc) is 1.00. The molecule has 0 aromatic carbocycles. The van der Waals surface area contributed by atoms with Crippen molar-refractivity contribution >= 4 is 0 Å². The Morgan fingerprint density at radius 1 is 0.750 bits per heavy atom. The van der Waals surface area contributed by atoms with E-state index in [0.717, 1.165) is 0 Å². The fourth-order valence-corrected chi connectivity index (χ4v) is 0. The van der Waals surface area contributed by atoms with Crippen LogP contribution in [-0.2, 0) is 34.1 Å². The molecule has 0 saturated carbocycles. The third-order valence-corrected chi connectivity index (χ3v) is 0. The van der Waals surface area contributed by atoms with E-state index in [4.69, 9.17) is 10.5 Å². The molecule has 0 aromatic rings. The van der Waals surface area contributed by atoms with E-state index < -0.39 is 0 Å². The summed E-state index contributed by atoms with van der Waals surface area (Å²) in [7, 11) is 0. The monoisotopic (exact) mass is 160 g/mol. The molecule has 0 spiro atoms. The zero-order valence-corrected chi connectivity index (χ0v) is 3.38. The number of hydrogen-bond acceptors (Lipinski definition) is 2. The predicted octanol–water partition coefficient (Wildman–Crippen LogP) is 0.0124. The van der Waals surface area contributed by atoms with Gasteiger partial charge < -0.3 is 0 Å². The van der Waals surface area contributed by atoms with Gasteiger partial charge >= 0.3 is 0 Å². The molecule has 0 fully saturated rings. The molecule has 0 aliphatic heterocycles. The second-order valence-corrected chi connectivity index (χ2v) is 0. The van der Waals surface area contributed by atoms with Gasteiger partial charge in [0.1, 0.15) is 0 Å². The van der Waals surface area contributed by atoms with Crippen LogP contribution in [0.3, 0.4) is 0 Å². The van der Waals surface area contributed by atoms with Gasteiger partial charge in [0, 0.05) is 34.1 Å². The molecule has 4 heteroatoms. The van der Waals surface area contributed by atoms with Gasteiger partial charge in [-0.15, -0.1) is 0 Å². The maximum absolute atomic E-state index is 6.00. The van der Waals surface area contributed by atoms with Crippen LogP contribution in [0, 0.1) is 0 Å². The molecule has 0 aliphatic carbocycles. The van der Waals surface area contributed by atoms with Crippen molar-refractivity contribution in [2.24, 2.45) is 0 Å². The van der Waals surface area contributed by atoms with Crippen LogP contribution in [0.5, 0.6) is 0 Å². The Kier molecular flexibility index (Phi) is 191. The number of hydrogen-bond donors (Lipinski definition) is 2. The first-order valence-corrected chi connectivity index (χ1v) is 0.200. The van der Waals surface area contributed by atoms with Gasteiger partial charge in [0.2, 0.25) is 0 Å². The van der Waals surface area contributed by atoms with Crippen LogP contribution in [0.25, 0.3) is 0 Å². The molecule has 4 heavy (non-hydrogen) atoms. The molecule has 2 nitrogen and oxygen atoms in total. The Morgan fingerprint density at radius 3 is 0.750 bits per heavy atom. The SMILES string of the molecule is OO.[Cu].[Cu]. The first-order valence-electron chi connectivity index (χ1n) is 0.200. The molecule has 2 N–H and O–H groups in total. The first-order chi connectivity index (χ1) is 1.00. The van der Waals surface area contributed by atoms with E-state index in [9.17, 15) is 0 Å². The molecule has 0 aliphatic rings. The van der Waals surface area contributed by atoms with Crippen LogP contribution in [0.15, 0.2) is 0 Å². The minimum atomic E-state index is 0. The fraction of sp³-hybridized carbons (Fsp3) is 0. The van der Waals surface area contributed by atoms with E-state index >= 15 is 0 Å². The van der Waals surface area contributed by atoms with Gasteiger partial charge in [-0.25, -0.2) is 0 Å². The summed E-state index contributed by atoms with van der Waals surface area (Å²) in [4.78, 5) is 0. The summed E-state index contributed by atoms with van der Waals surface area (Å²) in [5.41, 5.74) is 0. The molecule has 0 rings (SSSR count). The van der Waals surface area contributed by atoms with E-state index in [2.05, 4.69) is 0 Å². The smallest absolute Gasteiger partial charge is 0 e. The molecule has 0 unspecified atom stereocenters. The van der Waals surface area contributed by atoms with Gasteiger partial charge in [-0.3, -0.25) is 10.5 Å². The number of rotatable bonds is 0. The molecular formula is H2Cu2O2. The Labute approximate surface area is 45.1 Å². The van der Waals surface area contributed by atoms with Gasteiger partial charge in [0.15, 0.2) is 0 Å². The topological polar surface area (TPSA) is 40.5 Å². The van der Waals surface area contributed by atoms with E-state index in [-0.39, 0.29) is 34.1 Å². The molecule has 2 radical (unpaired) electrons. The fourth-order valence-electron chi connectivity index (χ4n) is 0. The van der Waals surface area contributed by atoms with Crippen molar-refractivity contribution in [1.82, 2.24) is 0 Å². The van der Waals surface area contributed by atoms with Crippen LogP contribution in [-0.4, -0.2) is 10.5 Å². The third-order valence-electron chi connectivity index (χ3n) is 0. The van der Waals surface area contributed by atoms with Gasteiger partial charge in [-0.2, -0.15) is 0 Å². The zero-order chi connectivity index (χ0) is 2.00. The molecular weight excluding hydrogens is 159 g/mol. The molecule has 0 bridgehead atoms. The van der Waals surface area contributed by atoms with E-state index in [0.29, 0.717) is 0 Å². The van der Waals surface area contributed by atoms with E-state index in [1.165, 1.54) is 0 Å². The van der Waals surface area contributed by atoms with Crippen molar-refractivity contribution in [3.05, 3.63) is 0 Å². The van der Waals surface area contributed by atoms with Crippen LogP contribution in [0.1, 0.15) is 0 Å². The molecule has 36 valence electrons. The Balaban J connectivity index is -0.00000000500. The van der Waals surface area contributed by atoms with Crippen LogP contribution >= 0.6 is 0 Å². The van der Waals surface area contributed by atoms with Crippen LogP contribution < -0.4 is 0 Å². The predicted molar refractivity (Wildman–Crippen MR) is 5.26 cm³/mol. The van der Waals surface area contributed by atoms with Crippen LogP contribution in [0.2, 0.25) is 0 Å². The quantitative estimate of drug-likeness (QED) is 0.298. The average molecular weight is 161 g/mol. The van der Waals surface area contributed by atoms with Gasteiger partial charge in [0.05, 0.1) is 0 Å². The summed E-state index contributed by atoms with van der Waals surface area (Å²) in [6.45, 7) is 0. The summed E-state index contributed by atoms with van der Waals surface area (Å²) < 4.78 is 0. The Bertz CT molecular complexity index is 4.00. The van der Waals surface area contributed by atoms with Crippen molar-refractivity contribution < 1.29 is 44.7 Å². The van der Waals surface area contributed by atoms with Gasteiger partial charge in [-0.1, -0.05) is 0 Å². The largest absolute Gasteiger partial charge is 0.255 e. The maximum atomic E-state index is 6.00. The Morgan fingerprint density at radius 2 is 0.750 bits per heavy atom. The molecule has 0 atom stereocenters. The summed E-state index contributed by atoms with van der Waals surface area (Å²) in [5.74, 6) is 0. The molecule has 0 amide bonds. The van der Waals surface area contributed by atoms with Crippen molar-refractivity contribution in [3.63, 3.8) is 0 Å².